The molecule has 2 aromatic carbocycles. The number of benzene rings is 2. The maximum Gasteiger partial charge on any atom is 0.223 e. The number of hydrogen-bond acceptors (Lipinski definition) is 4. The van der Waals surface area contributed by atoms with Crippen molar-refractivity contribution in [2.75, 3.05) is 40.9 Å². The third kappa shape index (κ3) is 8.29. The highest BCUT2D eigenvalue weighted by Crippen LogP contribution is 2.27. The highest BCUT2D eigenvalue weighted by atomic mass is 16.5. The van der Waals surface area contributed by atoms with Gasteiger partial charge in [-0.3, -0.25) is 4.79 Å². The van der Waals surface area contributed by atoms with Crippen LogP contribution in [0.5, 0.6) is 11.5 Å². The zero-order chi connectivity index (χ0) is 21.8. The molecule has 0 saturated heterocycles. The van der Waals surface area contributed by atoms with E-state index in [1.54, 1.807) is 14.2 Å². The van der Waals surface area contributed by atoms with Crippen molar-refractivity contribution in [2.45, 2.75) is 26.2 Å². The molecule has 162 valence electrons. The number of rotatable bonds is 12. The summed E-state index contributed by atoms with van der Waals surface area (Å²) >= 11 is 0. The molecule has 0 bridgehead atoms. The van der Waals surface area contributed by atoms with Crippen LogP contribution in [-0.4, -0.2) is 51.7 Å². The smallest absolute Gasteiger partial charge is 0.223 e. The van der Waals surface area contributed by atoms with Crippen molar-refractivity contribution in [3.05, 3.63) is 65.2 Å². The largest absolute Gasteiger partial charge is 0.493 e. The molecule has 0 saturated carbocycles. The maximum absolute atomic E-state index is 12.0. The van der Waals surface area contributed by atoms with Gasteiger partial charge in [-0.2, -0.15) is 0 Å². The third-order valence-electron chi connectivity index (χ3n) is 4.96. The van der Waals surface area contributed by atoms with Crippen LogP contribution in [0, 0.1) is 6.92 Å². The van der Waals surface area contributed by atoms with Gasteiger partial charge in [0.25, 0.3) is 0 Å². The van der Waals surface area contributed by atoms with Crippen molar-refractivity contribution in [1.82, 2.24) is 10.2 Å². The van der Waals surface area contributed by atoms with E-state index in [1.165, 1.54) is 11.1 Å². The molecular weight excluding hydrogens is 376 g/mol. The van der Waals surface area contributed by atoms with Gasteiger partial charge >= 0.3 is 0 Å². The molecule has 0 fully saturated rings. The second-order valence-electron chi connectivity index (χ2n) is 7.46. The molecule has 2 aromatic rings. The fourth-order valence-corrected chi connectivity index (χ4v) is 3.10. The molecule has 5 heteroatoms. The van der Waals surface area contributed by atoms with Crippen molar-refractivity contribution < 1.29 is 14.3 Å². The monoisotopic (exact) mass is 410 g/mol. The number of aryl methyl sites for hydroxylation is 1. The number of amides is 1. The summed E-state index contributed by atoms with van der Waals surface area (Å²) in [5, 5.41) is 2.99. The molecule has 0 unspecified atom stereocenters. The summed E-state index contributed by atoms with van der Waals surface area (Å²) in [7, 11) is 5.40. The van der Waals surface area contributed by atoms with Crippen LogP contribution in [0.1, 0.15) is 29.5 Å². The Bertz CT molecular complexity index is 816. The fraction of sp³-hybridized carbons (Fsp3) is 0.400. The predicted octanol–water partition coefficient (Wildman–Crippen LogP) is 4.10. The number of carbonyl (C=O) groups is 1. The average molecular weight is 411 g/mol. The summed E-state index contributed by atoms with van der Waals surface area (Å²) in [4.78, 5) is 14.2. The molecule has 0 aliphatic rings. The standard InChI is InChI=1S/C25H34N2O3/c1-20-9-11-21(12-10-20)7-5-8-25(28)26-16-6-17-27(2)18-15-22-13-14-23(29-3)24(19-22)30-4/h5,7,9-14,19H,6,8,15-18H2,1-4H3,(H,26,28). The first kappa shape index (κ1) is 23.5. The zero-order valence-corrected chi connectivity index (χ0v) is 18.6. The Labute approximate surface area is 180 Å². The second-order valence-corrected chi connectivity index (χ2v) is 7.46. The van der Waals surface area contributed by atoms with Gasteiger partial charge in [0, 0.05) is 19.5 Å². The Morgan fingerprint density at radius 3 is 2.47 bits per heavy atom. The second kappa shape index (κ2) is 12.7. The van der Waals surface area contributed by atoms with Gasteiger partial charge in [0.1, 0.15) is 0 Å². The molecule has 0 aliphatic heterocycles. The summed E-state index contributed by atoms with van der Waals surface area (Å²) in [5.74, 6) is 1.57. The van der Waals surface area contributed by atoms with Crippen LogP contribution in [0.4, 0.5) is 0 Å². The lowest BCUT2D eigenvalue weighted by Gasteiger charge is -2.17. The Balaban J connectivity index is 1.60. The first-order valence-corrected chi connectivity index (χ1v) is 10.4. The molecule has 2 rings (SSSR count). The number of nitrogens with zero attached hydrogens (tertiary/aromatic N) is 1. The number of hydrogen-bond donors (Lipinski definition) is 1. The molecule has 0 heterocycles. The minimum Gasteiger partial charge on any atom is -0.493 e. The van der Waals surface area contributed by atoms with E-state index in [0.29, 0.717) is 13.0 Å². The lowest BCUT2D eigenvalue weighted by molar-refractivity contribution is -0.120. The van der Waals surface area contributed by atoms with Crippen LogP contribution in [0.2, 0.25) is 0 Å². The van der Waals surface area contributed by atoms with E-state index in [-0.39, 0.29) is 5.91 Å². The van der Waals surface area contributed by atoms with Gasteiger partial charge in [-0.15, -0.1) is 0 Å². The first-order valence-electron chi connectivity index (χ1n) is 10.4. The van der Waals surface area contributed by atoms with E-state index in [2.05, 4.69) is 54.5 Å². The lowest BCUT2D eigenvalue weighted by atomic mass is 10.1. The Kier molecular flexibility index (Phi) is 9.95. The summed E-state index contributed by atoms with van der Waals surface area (Å²) < 4.78 is 10.6. The molecule has 0 radical (unpaired) electrons. The van der Waals surface area contributed by atoms with E-state index in [9.17, 15) is 4.79 Å². The van der Waals surface area contributed by atoms with Crippen LogP contribution in [0.3, 0.4) is 0 Å². The molecule has 30 heavy (non-hydrogen) atoms. The third-order valence-corrected chi connectivity index (χ3v) is 4.96. The topological polar surface area (TPSA) is 50.8 Å². The maximum atomic E-state index is 12.0. The van der Waals surface area contributed by atoms with Gasteiger partial charge in [0.2, 0.25) is 5.91 Å². The number of ether oxygens (including phenoxy) is 2. The van der Waals surface area contributed by atoms with Gasteiger partial charge in [0.15, 0.2) is 11.5 Å². The fourth-order valence-electron chi connectivity index (χ4n) is 3.10. The Hall–Kier alpha value is -2.79. The van der Waals surface area contributed by atoms with Crippen molar-refractivity contribution in [3.63, 3.8) is 0 Å². The van der Waals surface area contributed by atoms with Crippen molar-refractivity contribution in [1.29, 1.82) is 0 Å². The van der Waals surface area contributed by atoms with Gasteiger partial charge in [-0.05, 0) is 56.6 Å². The summed E-state index contributed by atoms with van der Waals surface area (Å²) in [5.41, 5.74) is 3.57. The van der Waals surface area contributed by atoms with E-state index >= 15 is 0 Å². The van der Waals surface area contributed by atoms with Crippen LogP contribution in [0.15, 0.2) is 48.5 Å². The average Bonchev–Trinajstić information content (AvgIpc) is 2.76. The van der Waals surface area contributed by atoms with E-state index < -0.39 is 0 Å². The molecule has 1 amide bonds. The molecular formula is C25H34N2O3. The zero-order valence-electron chi connectivity index (χ0n) is 18.6. The lowest BCUT2D eigenvalue weighted by Crippen LogP contribution is -2.28. The van der Waals surface area contributed by atoms with Crippen molar-refractivity contribution in [2.24, 2.45) is 0 Å². The molecule has 0 spiro atoms. The molecule has 0 aromatic heterocycles. The Morgan fingerprint density at radius 1 is 1.03 bits per heavy atom. The summed E-state index contributed by atoms with van der Waals surface area (Å²) in [6.07, 6.45) is 6.17. The summed E-state index contributed by atoms with van der Waals surface area (Å²) in [6, 6.07) is 14.3. The van der Waals surface area contributed by atoms with Crippen LogP contribution in [-0.2, 0) is 11.2 Å². The minimum absolute atomic E-state index is 0.0614. The summed E-state index contributed by atoms with van der Waals surface area (Å²) in [6.45, 7) is 4.64. The molecule has 5 nitrogen and oxygen atoms in total. The van der Waals surface area contributed by atoms with Gasteiger partial charge in [-0.25, -0.2) is 0 Å². The number of nitrogens with one attached hydrogen (secondary N) is 1. The van der Waals surface area contributed by atoms with E-state index in [1.807, 2.05) is 24.3 Å². The molecule has 0 aliphatic carbocycles. The number of carbonyl (C=O) groups excluding carboxylic acids is 1. The van der Waals surface area contributed by atoms with Crippen LogP contribution < -0.4 is 14.8 Å². The van der Waals surface area contributed by atoms with Crippen molar-refractivity contribution >= 4 is 12.0 Å². The van der Waals surface area contributed by atoms with Gasteiger partial charge in [-0.1, -0.05) is 48.0 Å². The molecule has 0 atom stereocenters. The van der Waals surface area contributed by atoms with E-state index in [0.717, 1.165) is 43.0 Å². The normalized spacial score (nSPS) is 11.1. The van der Waals surface area contributed by atoms with Gasteiger partial charge < -0.3 is 19.7 Å². The van der Waals surface area contributed by atoms with Crippen molar-refractivity contribution in [3.8, 4) is 11.5 Å². The van der Waals surface area contributed by atoms with Gasteiger partial charge in [0.05, 0.1) is 14.2 Å². The number of methoxy groups -OCH3 is 2. The van der Waals surface area contributed by atoms with Crippen LogP contribution in [0.25, 0.3) is 6.08 Å². The quantitative estimate of drug-likeness (QED) is 0.536. The first-order chi connectivity index (χ1) is 14.5. The SMILES string of the molecule is COc1ccc(CCN(C)CCCNC(=O)CC=Cc2ccc(C)cc2)cc1OC. The van der Waals surface area contributed by atoms with Crippen LogP contribution >= 0.6 is 0 Å². The van der Waals surface area contributed by atoms with E-state index in [4.69, 9.17) is 9.47 Å². The minimum atomic E-state index is 0.0614. The number of likely N-dealkylation sites (N-methyl/N-ethyl adjacent to an activating group) is 1. The molecule has 1 N–H and O–H groups in total. The highest BCUT2D eigenvalue weighted by Gasteiger charge is 2.06. The highest BCUT2D eigenvalue weighted by molar-refractivity contribution is 5.78. The predicted molar refractivity (Wildman–Crippen MR) is 123 cm³/mol. The Morgan fingerprint density at radius 2 is 1.77 bits per heavy atom.